The minimum absolute atomic E-state index is 0.0331. The zero-order valence-corrected chi connectivity index (χ0v) is 16.7. The number of carbonyl (C=O) groups is 3. The Hall–Kier alpha value is -2.41. The number of rotatable bonds is 5. The van der Waals surface area contributed by atoms with Crippen molar-refractivity contribution in [1.82, 2.24) is 9.80 Å². The van der Waals surface area contributed by atoms with Gasteiger partial charge in [0.25, 0.3) is 0 Å². The van der Waals surface area contributed by atoms with E-state index in [0.717, 1.165) is 24.7 Å². The number of hydrogen-bond acceptors (Lipinski definition) is 6. The summed E-state index contributed by atoms with van der Waals surface area (Å²) in [6.07, 6.45) is 1.96. The van der Waals surface area contributed by atoms with Crippen LogP contribution in [-0.4, -0.2) is 65.0 Å². The topological polar surface area (TPSA) is 76.2 Å². The molecule has 0 N–H and O–H groups in total. The highest BCUT2D eigenvalue weighted by Gasteiger charge is 2.49. The summed E-state index contributed by atoms with van der Waals surface area (Å²) in [7, 11) is 0. The van der Waals surface area contributed by atoms with Crippen LogP contribution in [-0.2, 0) is 25.7 Å². The minimum Gasteiger partial charge on any atom is -0.460 e. The van der Waals surface area contributed by atoms with Crippen LogP contribution in [0.5, 0.6) is 0 Å². The second-order valence-corrected chi connectivity index (χ2v) is 8.39. The molecule has 2 heterocycles. The molecule has 0 unspecified atom stereocenters. The fraction of sp³-hybridized carbons (Fsp3) is 0.571. The van der Waals surface area contributed by atoms with Crippen molar-refractivity contribution in [3.63, 3.8) is 0 Å². The largest absolute Gasteiger partial charge is 0.460 e. The van der Waals surface area contributed by atoms with Crippen LogP contribution >= 0.6 is 0 Å². The lowest BCUT2D eigenvalue weighted by molar-refractivity contribution is -0.148. The molecule has 2 aliphatic rings. The Labute approximate surface area is 165 Å². The molecule has 1 aromatic carbocycles. The number of fused-ring (bicyclic) bond motifs is 2. The summed E-state index contributed by atoms with van der Waals surface area (Å²) in [5.74, 6) is -0.374. The van der Waals surface area contributed by atoms with Crippen LogP contribution in [0, 0.1) is 0 Å². The van der Waals surface area contributed by atoms with E-state index in [4.69, 9.17) is 9.47 Å². The van der Waals surface area contributed by atoms with E-state index in [1.54, 1.807) is 4.90 Å². The number of aldehydes is 1. The van der Waals surface area contributed by atoms with Crippen LogP contribution in [0.4, 0.5) is 4.79 Å². The third-order valence-electron chi connectivity index (χ3n) is 5.13. The van der Waals surface area contributed by atoms with Crippen LogP contribution < -0.4 is 0 Å². The van der Waals surface area contributed by atoms with E-state index in [2.05, 4.69) is 0 Å². The molecule has 3 rings (SSSR count). The first-order chi connectivity index (χ1) is 13.3. The molecule has 1 amide bonds. The van der Waals surface area contributed by atoms with E-state index in [1.807, 2.05) is 56.0 Å². The smallest absolute Gasteiger partial charge is 0.410 e. The first-order valence-electron chi connectivity index (χ1n) is 9.68. The molecular weight excluding hydrogens is 360 g/mol. The number of likely N-dealkylation sites (tertiary alicyclic amines) is 1. The summed E-state index contributed by atoms with van der Waals surface area (Å²) >= 11 is 0. The summed E-state index contributed by atoms with van der Waals surface area (Å²) in [6, 6.07) is 8.60. The van der Waals surface area contributed by atoms with Gasteiger partial charge in [0, 0.05) is 12.6 Å². The lowest BCUT2D eigenvalue weighted by Crippen LogP contribution is -2.63. The molecule has 7 heteroatoms. The van der Waals surface area contributed by atoms with Crippen molar-refractivity contribution in [3.8, 4) is 0 Å². The molecular formula is C21H28N2O5. The molecule has 7 nitrogen and oxygen atoms in total. The van der Waals surface area contributed by atoms with E-state index in [0.29, 0.717) is 6.54 Å². The Morgan fingerprint density at radius 1 is 1.18 bits per heavy atom. The number of nitrogens with zero attached hydrogens (tertiary/aromatic N) is 2. The summed E-state index contributed by atoms with van der Waals surface area (Å²) in [5, 5.41) is 0. The zero-order valence-electron chi connectivity index (χ0n) is 16.7. The van der Waals surface area contributed by atoms with Crippen molar-refractivity contribution in [1.29, 1.82) is 0 Å². The summed E-state index contributed by atoms with van der Waals surface area (Å²) in [5.41, 5.74) is 0.323. The first kappa shape index (κ1) is 20.3. The van der Waals surface area contributed by atoms with Gasteiger partial charge in [-0.25, -0.2) is 4.79 Å². The fourth-order valence-electron chi connectivity index (χ4n) is 3.96. The van der Waals surface area contributed by atoms with Crippen LogP contribution in [0.3, 0.4) is 0 Å². The highest BCUT2D eigenvalue weighted by Crippen LogP contribution is 2.34. The van der Waals surface area contributed by atoms with Gasteiger partial charge in [-0.3, -0.25) is 14.6 Å². The second-order valence-electron chi connectivity index (χ2n) is 8.39. The number of carbonyl (C=O) groups excluding carboxylic acids is 3. The van der Waals surface area contributed by atoms with Gasteiger partial charge in [0.2, 0.25) is 0 Å². The molecule has 0 aromatic heterocycles. The molecule has 2 fully saturated rings. The molecule has 1 aromatic rings. The highest BCUT2D eigenvalue weighted by molar-refractivity contribution is 5.75. The van der Waals surface area contributed by atoms with Gasteiger partial charge in [-0.2, -0.15) is 0 Å². The normalized spacial score (nSPS) is 24.7. The van der Waals surface area contributed by atoms with Crippen LogP contribution in [0.15, 0.2) is 30.3 Å². The number of piperazine rings is 1. The Kier molecular flexibility index (Phi) is 6.03. The Bertz CT molecular complexity index is 715. The SMILES string of the molecule is CC(C)(C)OC(=O)N1[C@@H]2CC[C@H]1[C@@H](C=O)N(CC(=O)OCc1ccccc1)C2. The van der Waals surface area contributed by atoms with Crippen molar-refractivity contribution >= 4 is 18.3 Å². The lowest BCUT2D eigenvalue weighted by atomic mass is 10.0. The summed E-state index contributed by atoms with van der Waals surface area (Å²) < 4.78 is 10.9. The van der Waals surface area contributed by atoms with Crippen molar-refractivity contribution in [2.45, 2.75) is 63.9 Å². The van der Waals surface area contributed by atoms with Crippen LogP contribution in [0.1, 0.15) is 39.2 Å². The van der Waals surface area contributed by atoms with E-state index < -0.39 is 17.7 Å². The number of benzene rings is 1. The maximum absolute atomic E-state index is 12.6. The van der Waals surface area contributed by atoms with E-state index in [1.165, 1.54) is 0 Å². The van der Waals surface area contributed by atoms with Gasteiger partial charge in [0.05, 0.1) is 18.6 Å². The zero-order chi connectivity index (χ0) is 20.3. The van der Waals surface area contributed by atoms with Crippen molar-refractivity contribution < 1.29 is 23.9 Å². The number of amides is 1. The van der Waals surface area contributed by atoms with Gasteiger partial charge in [-0.1, -0.05) is 30.3 Å². The van der Waals surface area contributed by atoms with Crippen molar-refractivity contribution in [2.75, 3.05) is 13.1 Å². The third-order valence-corrected chi connectivity index (χ3v) is 5.13. The predicted octanol–water partition coefficient (Wildman–Crippen LogP) is 2.38. The van der Waals surface area contributed by atoms with Gasteiger partial charge in [0.15, 0.2) is 0 Å². The molecule has 0 radical (unpaired) electrons. The number of ether oxygens (including phenoxy) is 2. The standard InChI is InChI=1S/C21H28N2O5/c1-21(2,3)28-20(26)23-16-9-10-17(23)18(13-24)22(11-16)12-19(25)27-14-15-7-5-4-6-8-15/h4-8,13,16-18H,9-12,14H2,1-3H3/t16-,17+,18-/m1/s1. The van der Waals surface area contributed by atoms with Gasteiger partial charge >= 0.3 is 12.1 Å². The predicted molar refractivity (Wildman–Crippen MR) is 103 cm³/mol. The van der Waals surface area contributed by atoms with Gasteiger partial charge in [-0.05, 0) is 39.2 Å². The first-order valence-corrected chi connectivity index (χ1v) is 9.68. The molecule has 2 bridgehead atoms. The lowest BCUT2D eigenvalue weighted by Gasteiger charge is -2.44. The Morgan fingerprint density at radius 2 is 1.89 bits per heavy atom. The summed E-state index contributed by atoms with van der Waals surface area (Å²) in [4.78, 5) is 40.2. The van der Waals surface area contributed by atoms with Gasteiger partial charge in [-0.15, -0.1) is 0 Å². The maximum atomic E-state index is 12.6. The second kappa shape index (κ2) is 8.31. The average molecular weight is 388 g/mol. The monoisotopic (exact) mass is 388 g/mol. The molecule has 2 saturated heterocycles. The Morgan fingerprint density at radius 3 is 2.54 bits per heavy atom. The van der Waals surface area contributed by atoms with Crippen LogP contribution in [0.25, 0.3) is 0 Å². The number of esters is 1. The fourth-order valence-corrected chi connectivity index (χ4v) is 3.96. The van der Waals surface area contributed by atoms with Crippen LogP contribution in [0.2, 0.25) is 0 Å². The third kappa shape index (κ3) is 4.70. The van der Waals surface area contributed by atoms with E-state index in [9.17, 15) is 14.4 Å². The summed E-state index contributed by atoms with van der Waals surface area (Å²) in [6.45, 7) is 6.16. The van der Waals surface area contributed by atoms with Crippen molar-refractivity contribution in [2.24, 2.45) is 0 Å². The average Bonchev–Trinajstić information content (AvgIpc) is 2.95. The van der Waals surface area contributed by atoms with Gasteiger partial charge < -0.3 is 14.3 Å². The van der Waals surface area contributed by atoms with E-state index >= 15 is 0 Å². The Balaban J connectivity index is 1.61. The molecule has 0 aliphatic carbocycles. The molecule has 28 heavy (non-hydrogen) atoms. The van der Waals surface area contributed by atoms with Crippen molar-refractivity contribution in [3.05, 3.63) is 35.9 Å². The number of hydrogen-bond donors (Lipinski definition) is 0. The van der Waals surface area contributed by atoms with Gasteiger partial charge in [0.1, 0.15) is 18.5 Å². The molecule has 2 aliphatic heterocycles. The molecule has 0 spiro atoms. The highest BCUT2D eigenvalue weighted by atomic mass is 16.6. The maximum Gasteiger partial charge on any atom is 0.410 e. The minimum atomic E-state index is -0.592. The quantitative estimate of drug-likeness (QED) is 0.569. The molecule has 0 saturated carbocycles. The molecule has 3 atom stereocenters. The van der Waals surface area contributed by atoms with E-state index in [-0.39, 0.29) is 31.2 Å². The molecule has 152 valence electrons.